The van der Waals surface area contributed by atoms with Crippen LogP contribution in [0.2, 0.25) is 5.02 Å². The van der Waals surface area contributed by atoms with Crippen molar-refractivity contribution in [1.29, 1.82) is 0 Å². The van der Waals surface area contributed by atoms with Crippen molar-refractivity contribution in [3.05, 3.63) is 82.3 Å². The highest BCUT2D eigenvalue weighted by molar-refractivity contribution is 6.31. The summed E-state index contributed by atoms with van der Waals surface area (Å²) in [5.74, 6) is 2.51. The van der Waals surface area contributed by atoms with E-state index >= 15 is 0 Å². The summed E-state index contributed by atoms with van der Waals surface area (Å²) in [7, 11) is 4.32. The Balaban J connectivity index is 1.20. The van der Waals surface area contributed by atoms with Gasteiger partial charge in [-0.3, -0.25) is 14.7 Å². The zero-order chi connectivity index (χ0) is 65.8. The number of hydrogen-bond donors (Lipinski definition) is 6. The Morgan fingerprint density at radius 2 is 1.55 bits per heavy atom. The molecular weight excluding hydrogens is 1170 g/mol. The maximum Gasteiger partial charge on any atom is 0.417 e. The topological polar surface area (TPSA) is 118 Å². The van der Waals surface area contributed by atoms with Crippen molar-refractivity contribution in [3.8, 4) is 0 Å². The Bertz CT molecular complexity index is 2500. The van der Waals surface area contributed by atoms with Gasteiger partial charge >= 0.3 is 6.18 Å². The number of aliphatic imine (C=N–C) groups is 1. The third-order valence-corrected chi connectivity index (χ3v) is 22.2. The Morgan fingerprint density at radius 1 is 0.824 bits per heavy atom. The molecule has 6 N–H and O–H groups in total. The zero-order valence-corrected chi connectivity index (χ0v) is 59.6. The number of halogens is 4. The van der Waals surface area contributed by atoms with Crippen LogP contribution in [0.3, 0.4) is 0 Å². The molecule has 3 saturated heterocycles. The van der Waals surface area contributed by atoms with Gasteiger partial charge in [0.2, 0.25) is 5.91 Å². The number of piperidine rings is 1. The molecule has 91 heavy (non-hydrogen) atoms. The SMILES string of the molecule is CC[C@H](C)[C@H]1CN[C@@H](CC(C)C)C(C)NCC2[C@@H](C(=O)N3CCCCC3)C(C)N2[C@@H](CCC(C)C)C(C)NC2(CCCC2)CNCCN=CC=C(CCc2ccc(C(F)(F)F)c(Cl)c2)NC=CN(C)C=C(CC2CCCCC2)N(C)C=C2CCCN2[C@@H](C)C(C)N1. The molecule has 4 heterocycles. The van der Waals surface area contributed by atoms with Crippen molar-refractivity contribution in [2.45, 2.75) is 277 Å². The van der Waals surface area contributed by atoms with Crippen molar-refractivity contribution in [2.75, 3.05) is 66.5 Å². The van der Waals surface area contributed by atoms with Crippen LogP contribution in [0.4, 0.5) is 13.2 Å². The van der Waals surface area contributed by atoms with Crippen LogP contribution in [0.25, 0.3) is 0 Å². The third-order valence-electron chi connectivity index (χ3n) is 21.9. The van der Waals surface area contributed by atoms with Gasteiger partial charge in [-0.25, -0.2) is 0 Å². The largest absolute Gasteiger partial charge is 0.417 e. The summed E-state index contributed by atoms with van der Waals surface area (Å²) < 4.78 is 41.1. The number of benzene rings is 1. The Hall–Kier alpha value is -3.64. The van der Waals surface area contributed by atoms with Crippen LogP contribution in [-0.2, 0) is 17.4 Å². The second-order valence-corrected chi connectivity index (χ2v) is 30.3. The molecule has 0 radical (unpaired) electrons. The van der Waals surface area contributed by atoms with Crippen molar-refractivity contribution in [1.82, 2.24) is 56.4 Å². The fourth-order valence-electron chi connectivity index (χ4n) is 15.9. The van der Waals surface area contributed by atoms with Crippen LogP contribution in [0.15, 0.2) is 71.2 Å². The number of amides is 1. The number of allylic oxidation sites excluding steroid dienone is 4. The lowest BCUT2D eigenvalue weighted by molar-refractivity contribution is -0.160. The van der Waals surface area contributed by atoms with Crippen molar-refractivity contribution >= 4 is 23.7 Å². The quantitative estimate of drug-likeness (QED) is 0.113. The van der Waals surface area contributed by atoms with Gasteiger partial charge in [-0.15, -0.1) is 0 Å². The van der Waals surface area contributed by atoms with Crippen LogP contribution in [0, 0.1) is 29.6 Å². The lowest BCUT2D eigenvalue weighted by atomic mass is 9.75. The van der Waals surface area contributed by atoms with E-state index in [0.717, 1.165) is 134 Å². The van der Waals surface area contributed by atoms with Gasteiger partial charge < -0.3 is 51.5 Å². The summed E-state index contributed by atoms with van der Waals surface area (Å²) >= 11 is 6.21. The molecule has 5 fully saturated rings. The Kier molecular flexibility index (Phi) is 30.0. The van der Waals surface area contributed by atoms with Crippen molar-refractivity contribution in [2.24, 2.45) is 34.6 Å². The standard InChI is InChI=1S/C74H126ClF3N12O/c1-14-54(6)68-47-83-67(44-53(4)5)56(8)82-48-70-71(72(91)88-40-21-16-22-41-88)59(11)90(70)69(32-27-52(2)3)57(9)85-73(34-19-20-35-73)51-80-38-37-79-36-33-62(30-28-61-29-31-65(66(75)46-61)74(76,77)78)81-39-43-86(12)49-64(45-60-24-17-15-18-25-60)87(13)50-63-26-23-42-89(63)58(10)55(7)84-68/h29,31,33,36,39,43,46,49-50,52-60,67-71,80-85H,14-28,30,32,34-35,37-38,40-42,44-45,47-48,51H2,1-13H3/t54-,55?,56?,57?,58-,59?,67-,68+,69-,70?,71-/m0/s1. The van der Waals surface area contributed by atoms with Gasteiger partial charge in [0.05, 0.1) is 23.0 Å². The molecule has 11 atom stereocenters. The molecule has 2 saturated carbocycles. The van der Waals surface area contributed by atoms with E-state index in [9.17, 15) is 18.0 Å². The number of nitrogens with zero attached hydrogens (tertiary/aromatic N) is 6. The molecular formula is C74H126ClF3N12O. The highest BCUT2D eigenvalue weighted by Crippen LogP contribution is 2.41. The molecule has 5 unspecified atom stereocenters. The monoisotopic (exact) mass is 1290 g/mol. The Morgan fingerprint density at radius 3 is 2.23 bits per heavy atom. The van der Waals surface area contributed by atoms with E-state index in [1.54, 1.807) is 0 Å². The number of hydrogen-bond acceptors (Lipinski definition) is 12. The van der Waals surface area contributed by atoms with Gasteiger partial charge in [-0.05, 0) is 166 Å². The average molecular weight is 1290 g/mol. The van der Waals surface area contributed by atoms with Gasteiger partial charge in [0.15, 0.2) is 0 Å². The molecule has 516 valence electrons. The van der Waals surface area contributed by atoms with Crippen LogP contribution in [0.5, 0.6) is 0 Å². The molecule has 7 rings (SSSR count). The number of rotatable bonds is 13. The fourth-order valence-corrected chi connectivity index (χ4v) is 16.3. The number of alkyl halides is 3. The van der Waals surface area contributed by atoms with E-state index < -0.39 is 11.7 Å². The molecule has 1 aromatic carbocycles. The Labute approximate surface area is 555 Å². The van der Waals surface area contributed by atoms with E-state index in [1.165, 1.54) is 74.9 Å². The normalized spacial score (nSPS) is 29.7. The first-order valence-electron chi connectivity index (χ1n) is 36.3. The lowest BCUT2D eigenvalue weighted by Crippen LogP contribution is -2.75. The zero-order valence-electron chi connectivity index (χ0n) is 58.9. The second kappa shape index (κ2) is 36.5. The van der Waals surface area contributed by atoms with E-state index in [0.29, 0.717) is 49.0 Å². The summed E-state index contributed by atoms with van der Waals surface area (Å²) in [6, 6.07) is 6.04. The second-order valence-electron chi connectivity index (χ2n) is 29.9. The van der Waals surface area contributed by atoms with E-state index in [-0.39, 0.29) is 70.9 Å². The van der Waals surface area contributed by atoms with E-state index in [2.05, 4.69) is 165 Å². The molecule has 4 aliphatic heterocycles. The number of nitrogens with one attached hydrogen (secondary N) is 6. The molecule has 6 aliphatic rings. The average Bonchev–Trinajstić information content (AvgIpc) is 1.46. The minimum Gasteiger partial charge on any atom is -0.369 e. The maximum atomic E-state index is 14.9. The van der Waals surface area contributed by atoms with Crippen LogP contribution in [0.1, 0.15) is 216 Å². The minimum absolute atomic E-state index is 0.0458. The number of carbonyl (C=O) groups is 1. The summed E-state index contributed by atoms with van der Waals surface area (Å²) in [4.78, 5) is 32.0. The molecule has 2 aliphatic carbocycles. The summed E-state index contributed by atoms with van der Waals surface area (Å²) in [6.45, 7) is 32.8. The third kappa shape index (κ3) is 22.2. The van der Waals surface area contributed by atoms with Crippen molar-refractivity contribution < 1.29 is 18.0 Å². The lowest BCUT2D eigenvalue weighted by Gasteiger charge is -2.59. The van der Waals surface area contributed by atoms with Crippen LogP contribution >= 0.6 is 11.6 Å². The minimum atomic E-state index is -4.51. The van der Waals surface area contributed by atoms with Gasteiger partial charge in [-0.2, -0.15) is 13.2 Å². The first-order chi connectivity index (χ1) is 43.5. The molecule has 1 spiro atoms. The first-order valence-corrected chi connectivity index (χ1v) is 36.7. The molecule has 1 amide bonds. The van der Waals surface area contributed by atoms with Gasteiger partial charge in [-0.1, -0.05) is 111 Å². The predicted octanol–water partition coefficient (Wildman–Crippen LogP) is 14.1. The van der Waals surface area contributed by atoms with Gasteiger partial charge in [0, 0.05) is 168 Å². The maximum absolute atomic E-state index is 14.9. The summed E-state index contributed by atoms with van der Waals surface area (Å²) in [5.41, 5.74) is 3.44. The smallest absolute Gasteiger partial charge is 0.369 e. The number of carbonyl (C=O) groups excluding carboxylic acids is 1. The molecule has 17 heteroatoms. The highest BCUT2D eigenvalue weighted by atomic mass is 35.5. The van der Waals surface area contributed by atoms with Crippen molar-refractivity contribution in [3.63, 3.8) is 0 Å². The molecule has 0 bridgehead atoms. The van der Waals surface area contributed by atoms with Crippen LogP contribution < -0.4 is 31.9 Å². The fraction of sp³-hybridized carbons (Fsp3) is 0.784. The highest BCUT2D eigenvalue weighted by Gasteiger charge is 2.54. The first kappa shape index (κ1) is 74.8. The number of aryl methyl sites for hydroxylation is 1. The molecule has 0 aromatic heterocycles. The van der Waals surface area contributed by atoms with Crippen LogP contribution in [-0.4, -0.2) is 163 Å². The molecule has 13 nitrogen and oxygen atoms in total. The summed E-state index contributed by atoms with van der Waals surface area (Å²) in [5, 5.41) is 24.0. The summed E-state index contributed by atoms with van der Waals surface area (Å²) in [6.07, 6.45) is 31.0. The molecule has 1 aromatic rings. The number of likely N-dealkylation sites (tertiary alicyclic amines) is 1. The van der Waals surface area contributed by atoms with Gasteiger partial charge in [0.1, 0.15) is 0 Å². The number of fused-ring (bicyclic) bond motifs is 2. The van der Waals surface area contributed by atoms with E-state index in [4.69, 9.17) is 16.6 Å². The van der Waals surface area contributed by atoms with Gasteiger partial charge in [0.25, 0.3) is 0 Å². The predicted molar refractivity (Wildman–Crippen MR) is 375 cm³/mol. The van der Waals surface area contributed by atoms with E-state index in [1.807, 2.05) is 18.5 Å².